The van der Waals surface area contributed by atoms with Crippen molar-refractivity contribution in [3.8, 4) is 0 Å². The number of aryl methyl sites for hydroxylation is 2. The molecule has 98 valence electrons. The highest BCUT2D eigenvalue weighted by atomic mass is 32.1. The van der Waals surface area contributed by atoms with E-state index >= 15 is 0 Å². The summed E-state index contributed by atoms with van der Waals surface area (Å²) in [7, 11) is 0. The van der Waals surface area contributed by atoms with Crippen LogP contribution in [0.15, 0.2) is 18.3 Å². The van der Waals surface area contributed by atoms with Crippen LogP contribution in [0.2, 0.25) is 0 Å². The highest BCUT2D eigenvalue weighted by molar-refractivity contribution is 7.15. The Labute approximate surface area is 114 Å². The number of rotatable bonds is 3. The molecule has 0 saturated heterocycles. The number of hydrogen-bond donors (Lipinski definition) is 3. The van der Waals surface area contributed by atoms with Crippen LogP contribution >= 0.6 is 11.3 Å². The minimum Gasteiger partial charge on any atom is -0.308 e. The van der Waals surface area contributed by atoms with Crippen LogP contribution in [0.3, 0.4) is 0 Å². The van der Waals surface area contributed by atoms with E-state index < -0.39 is 0 Å². The number of aromatic nitrogens is 2. The molecule has 2 aromatic rings. The van der Waals surface area contributed by atoms with Gasteiger partial charge in [0.1, 0.15) is 5.82 Å². The van der Waals surface area contributed by atoms with Crippen molar-refractivity contribution in [1.29, 1.82) is 0 Å². The lowest BCUT2D eigenvalue weighted by atomic mass is 10.2. The molecule has 0 aromatic carbocycles. The zero-order valence-electron chi connectivity index (χ0n) is 10.1. The lowest BCUT2D eigenvalue weighted by molar-refractivity contribution is 0.102. The van der Waals surface area contributed by atoms with Gasteiger partial charge in [-0.05, 0) is 31.4 Å². The third kappa shape index (κ3) is 2.42. The average Bonchev–Trinajstić information content (AvgIpc) is 2.99. The fourth-order valence-electron chi connectivity index (χ4n) is 2.03. The molecule has 1 aliphatic carbocycles. The Morgan fingerprint density at radius 3 is 2.95 bits per heavy atom. The molecule has 1 amide bonds. The second kappa shape index (κ2) is 4.94. The molecule has 2 heterocycles. The number of carbonyl (C=O) groups excluding carboxylic acids is 1. The highest BCUT2D eigenvalue weighted by Crippen LogP contribution is 2.30. The van der Waals surface area contributed by atoms with Gasteiger partial charge < -0.3 is 5.43 Å². The van der Waals surface area contributed by atoms with Crippen LogP contribution in [0.4, 0.5) is 10.9 Å². The summed E-state index contributed by atoms with van der Waals surface area (Å²) in [6.45, 7) is 0. The summed E-state index contributed by atoms with van der Waals surface area (Å²) < 4.78 is 0. The van der Waals surface area contributed by atoms with Crippen LogP contribution in [0.25, 0.3) is 0 Å². The van der Waals surface area contributed by atoms with Crippen molar-refractivity contribution in [3.63, 3.8) is 0 Å². The minimum atomic E-state index is -0.205. The maximum absolute atomic E-state index is 12.0. The predicted octanol–water partition coefficient (Wildman–Crippen LogP) is 1.56. The molecule has 0 unspecified atom stereocenters. The van der Waals surface area contributed by atoms with Crippen molar-refractivity contribution < 1.29 is 4.79 Å². The second-order valence-electron chi connectivity index (χ2n) is 4.27. The first-order valence-corrected chi connectivity index (χ1v) is 6.80. The Balaban J connectivity index is 1.72. The first-order chi connectivity index (χ1) is 9.26. The Kier molecular flexibility index (Phi) is 3.14. The van der Waals surface area contributed by atoms with Gasteiger partial charge in [-0.15, -0.1) is 11.3 Å². The zero-order chi connectivity index (χ0) is 13.2. The summed E-state index contributed by atoms with van der Waals surface area (Å²) >= 11 is 1.56. The van der Waals surface area contributed by atoms with Crippen LogP contribution < -0.4 is 16.6 Å². The summed E-state index contributed by atoms with van der Waals surface area (Å²) in [4.78, 5) is 21.7. The van der Waals surface area contributed by atoms with Gasteiger partial charge in [-0.1, -0.05) is 0 Å². The molecule has 0 fully saturated rings. The fourth-order valence-corrected chi connectivity index (χ4v) is 3.07. The molecule has 0 spiro atoms. The Morgan fingerprint density at radius 2 is 2.26 bits per heavy atom. The van der Waals surface area contributed by atoms with E-state index in [1.165, 1.54) is 17.5 Å². The molecule has 2 aromatic heterocycles. The molecule has 1 aliphatic rings. The van der Waals surface area contributed by atoms with Crippen molar-refractivity contribution >= 4 is 28.2 Å². The van der Waals surface area contributed by atoms with Crippen molar-refractivity contribution in [2.45, 2.75) is 19.3 Å². The number of nitrogen functional groups attached to an aromatic ring is 1. The van der Waals surface area contributed by atoms with Crippen LogP contribution in [0, 0.1) is 0 Å². The van der Waals surface area contributed by atoms with Crippen LogP contribution in [-0.4, -0.2) is 15.9 Å². The van der Waals surface area contributed by atoms with Crippen LogP contribution in [0.1, 0.15) is 27.3 Å². The van der Waals surface area contributed by atoms with Gasteiger partial charge in [0.15, 0.2) is 5.13 Å². The van der Waals surface area contributed by atoms with Gasteiger partial charge in [-0.3, -0.25) is 10.1 Å². The number of pyridine rings is 1. The van der Waals surface area contributed by atoms with Gasteiger partial charge in [0.05, 0.1) is 11.3 Å². The van der Waals surface area contributed by atoms with E-state index in [0.717, 1.165) is 18.5 Å². The van der Waals surface area contributed by atoms with E-state index in [-0.39, 0.29) is 5.91 Å². The van der Waals surface area contributed by atoms with Crippen molar-refractivity contribution in [3.05, 3.63) is 34.5 Å². The summed E-state index contributed by atoms with van der Waals surface area (Å²) in [5.41, 5.74) is 4.02. The standard InChI is InChI=1S/C12H13N5OS/c13-17-10-5-4-7(6-14-10)11(18)16-12-15-8-2-1-3-9(8)19-12/h4-6H,1-3,13H2,(H,14,17)(H,15,16,18). The molecule has 0 radical (unpaired) electrons. The number of hydrazine groups is 1. The van der Waals surface area contributed by atoms with E-state index in [1.54, 1.807) is 23.5 Å². The minimum absolute atomic E-state index is 0.205. The summed E-state index contributed by atoms with van der Waals surface area (Å²) in [6.07, 6.45) is 4.73. The molecule has 4 N–H and O–H groups in total. The number of amides is 1. The van der Waals surface area contributed by atoms with Gasteiger partial charge in [0.2, 0.25) is 0 Å². The second-order valence-corrected chi connectivity index (χ2v) is 5.36. The lowest BCUT2D eigenvalue weighted by Crippen LogP contribution is -2.13. The third-order valence-electron chi connectivity index (χ3n) is 2.99. The van der Waals surface area contributed by atoms with Crippen LogP contribution in [0.5, 0.6) is 0 Å². The molecule has 0 atom stereocenters. The van der Waals surface area contributed by atoms with Crippen molar-refractivity contribution in [2.24, 2.45) is 5.84 Å². The van der Waals surface area contributed by atoms with E-state index in [2.05, 4.69) is 20.7 Å². The zero-order valence-corrected chi connectivity index (χ0v) is 11.0. The number of anilines is 2. The summed E-state index contributed by atoms with van der Waals surface area (Å²) in [6, 6.07) is 3.32. The highest BCUT2D eigenvalue weighted by Gasteiger charge is 2.18. The molecule has 0 aliphatic heterocycles. The SMILES string of the molecule is NNc1ccc(C(=O)Nc2nc3c(s2)CCC3)cn1. The number of nitrogens with one attached hydrogen (secondary N) is 2. The third-order valence-corrected chi connectivity index (χ3v) is 4.06. The molecule has 7 heteroatoms. The fraction of sp³-hybridized carbons (Fsp3) is 0.250. The maximum Gasteiger partial charge on any atom is 0.259 e. The Bertz CT molecular complexity index is 586. The molecule has 6 nitrogen and oxygen atoms in total. The quantitative estimate of drug-likeness (QED) is 0.584. The predicted molar refractivity (Wildman–Crippen MR) is 74.1 cm³/mol. The number of fused-ring (bicyclic) bond motifs is 1. The van der Waals surface area contributed by atoms with Crippen molar-refractivity contribution in [1.82, 2.24) is 9.97 Å². The first kappa shape index (κ1) is 12.1. The van der Waals surface area contributed by atoms with E-state index in [9.17, 15) is 4.79 Å². The summed E-state index contributed by atoms with van der Waals surface area (Å²) in [5, 5.41) is 3.46. The topological polar surface area (TPSA) is 92.9 Å². The molecule has 3 rings (SSSR count). The maximum atomic E-state index is 12.0. The molecule has 0 bridgehead atoms. The van der Waals surface area contributed by atoms with Crippen molar-refractivity contribution in [2.75, 3.05) is 10.7 Å². The Morgan fingerprint density at radius 1 is 1.37 bits per heavy atom. The summed E-state index contributed by atoms with van der Waals surface area (Å²) in [5.74, 6) is 5.53. The normalized spacial score (nSPS) is 13.1. The number of thiazole rings is 1. The number of nitrogens with zero attached hydrogens (tertiary/aromatic N) is 2. The van der Waals surface area contributed by atoms with E-state index in [0.29, 0.717) is 16.5 Å². The number of nitrogens with two attached hydrogens (primary N) is 1. The van der Waals surface area contributed by atoms with Gasteiger partial charge in [-0.25, -0.2) is 15.8 Å². The van der Waals surface area contributed by atoms with E-state index in [4.69, 9.17) is 5.84 Å². The number of hydrogen-bond acceptors (Lipinski definition) is 6. The first-order valence-electron chi connectivity index (χ1n) is 5.99. The van der Waals surface area contributed by atoms with Crippen LogP contribution in [-0.2, 0) is 12.8 Å². The smallest absolute Gasteiger partial charge is 0.259 e. The number of carbonyl (C=O) groups is 1. The largest absolute Gasteiger partial charge is 0.308 e. The van der Waals surface area contributed by atoms with E-state index in [1.807, 2.05) is 0 Å². The van der Waals surface area contributed by atoms with Gasteiger partial charge in [-0.2, -0.15) is 0 Å². The molecule has 19 heavy (non-hydrogen) atoms. The molecular formula is C12H13N5OS. The van der Waals surface area contributed by atoms with Gasteiger partial charge in [0, 0.05) is 11.1 Å². The van der Waals surface area contributed by atoms with Gasteiger partial charge in [0.25, 0.3) is 5.91 Å². The monoisotopic (exact) mass is 275 g/mol. The average molecular weight is 275 g/mol. The van der Waals surface area contributed by atoms with Gasteiger partial charge >= 0.3 is 0 Å². The Hall–Kier alpha value is -1.99. The molecule has 0 saturated carbocycles. The lowest BCUT2D eigenvalue weighted by Gasteiger charge is -2.03. The molecular weight excluding hydrogens is 262 g/mol.